The quantitative estimate of drug-likeness (QED) is 0.0651. The van der Waals surface area contributed by atoms with Gasteiger partial charge < -0.3 is 0 Å². The first-order valence-corrected chi connectivity index (χ1v) is 26.3. The van der Waals surface area contributed by atoms with Gasteiger partial charge in [-0.1, -0.05) is 99.8 Å². The summed E-state index contributed by atoms with van der Waals surface area (Å²) >= 11 is -5.16. The van der Waals surface area contributed by atoms with Crippen LogP contribution in [0.5, 0.6) is 0 Å². The minimum absolute atomic E-state index is 0.149. The fourth-order valence-corrected chi connectivity index (χ4v) is 14.8. The van der Waals surface area contributed by atoms with E-state index < -0.39 is 16.1 Å². The van der Waals surface area contributed by atoms with Crippen molar-refractivity contribution >= 4 is 0 Å². The molecular formula is C44H92O5Ti. The van der Waals surface area contributed by atoms with Crippen molar-refractivity contribution in [3.05, 3.63) is 0 Å². The Morgan fingerprint density at radius 3 is 1.12 bits per heavy atom. The first-order chi connectivity index (χ1) is 23.7. The first-order valence-electron chi connectivity index (χ1n) is 22.2. The zero-order valence-electron chi connectivity index (χ0n) is 36.4. The van der Waals surface area contributed by atoms with Crippen molar-refractivity contribution in [1.82, 2.24) is 0 Å². The SMILES string of the molecule is CCCCC(CC)CC(CC(CC)CCCC)C(C)(C)C.CCCCC(CC)[CH2][Ti]1(=[O])([CH2]C(CC)CCCC)[O]OCC(CC)(CC)CO[O]1. The monoisotopic (exact) mass is 749 g/mol. The van der Waals surface area contributed by atoms with E-state index in [0.29, 0.717) is 39.9 Å². The zero-order chi connectivity index (χ0) is 38.1. The molecule has 0 amide bonds. The molecule has 1 rings (SSSR count). The van der Waals surface area contributed by atoms with Crippen LogP contribution in [0.1, 0.15) is 218 Å². The van der Waals surface area contributed by atoms with Gasteiger partial charge in [-0.05, 0) is 36.0 Å². The van der Waals surface area contributed by atoms with Crippen molar-refractivity contribution in [2.75, 3.05) is 13.2 Å². The summed E-state index contributed by atoms with van der Waals surface area (Å²) in [5.74, 6) is 3.43. The van der Waals surface area contributed by atoms with Crippen LogP contribution < -0.4 is 0 Å². The number of rotatable bonds is 26. The molecule has 0 bridgehead atoms. The summed E-state index contributed by atoms with van der Waals surface area (Å²) in [5.41, 5.74) is 0.323. The molecule has 0 aromatic rings. The molecule has 1 heterocycles. The van der Waals surface area contributed by atoms with E-state index in [-0.39, 0.29) is 5.41 Å². The molecular weight excluding hydrogens is 656 g/mol. The van der Waals surface area contributed by atoms with Gasteiger partial charge in [0.1, 0.15) is 0 Å². The Morgan fingerprint density at radius 1 is 0.540 bits per heavy atom. The molecule has 1 aliphatic rings. The molecule has 4 unspecified atom stereocenters. The van der Waals surface area contributed by atoms with Crippen LogP contribution in [0.15, 0.2) is 0 Å². The fraction of sp³-hybridized carbons (Fsp3) is 1.00. The average molecular weight is 749 g/mol. The van der Waals surface area contributed by atoms with Crippen LogP contribution in [0, 0.1) is 40.4 Å². The van der Waals surface area contributed by atoms with Crippen LogP contribution in [0.4, 0.5) is 0 Å². The Morgan fingerprint density at radius 2 is 0.860 bits per heavy atom. The first kappa shape index (κ1) is 50.4. The third-order valence-corrected chi connectivity index (χ3v) is 18.5. The van der Waals surface area contributed by atoms with Gasteiger partial charge in [0.2, 0.25) is 0 Å². The molecule has 4 atom stereocenters. The van der Waals surface area contributed by atoms with Gasteiger partial charge in [0.05, 0.1) is 0 Å². The average Bonchev–Trinajstić information content (AvgIpc) is 3.09. The maximum absolute atomic E-state index is 14.6. The van der Waals surface area contributed by atoms with Crippen LogP contribution in [-0.4, -0.2) is 13.2 Å². The Balaban J connectivity index is 0.00000101. The van der Waals surface area contributed by atoms with Crippen LogP contribution >= 0.6 is 0 Å². The molecule has 0 radical (unpaired) electrons. The summed E-state index contributed by atoms with van der Waals surface area (Å²) in [6.45, 7) is 30.6. The zero-order valence-corrected chi connectivity index (χ0v) is 38.0. The van der Waals surface area contributed by atoms with E-state index in [9.17, 15) is 3.32 Å². The molecule has 0 spiro atoms. The van der Waals surface area contributed by atoms with Gasteiger partial charge in [-0.3, -0.25) is 0 Å². The third-order valence-electron chi connectivity index (χ3n) is 12.7. The number of hydrogen-bond acceptors (Lipinski definition) is 5. The Hall–Kier alpha value is 0.354. The van der Waals surface area contributed by atoms with Gasteiger partial charge in [-0.15, -0.1) is 0 Å². The summed E-state index contributed by atoms with van der Waals surface area (Å²) < 4.78 is 27.4. The van der Waals surface area contributed by atoms with E-state index in [1.54, 1.807) is 0 Å². The summed E-state index contributed by atoms with van der Waals surface area (Å²) in [7, 11) is 0. The number of hydrogen-bond donors (Lipinski definition) is 0. The second-order valence-electron chi connectivity index (χ2n) is 17.9. The van der Waals surface area contributed by atoms with Crippen LogP contribution in [0.2, 0.25) is 9.45 Å². The topological polar surface area (TPSA) is 54.0 Å². The predicted octanol–water partition coefficient (Wildman–Crippen LogP) is 15.7. The van der Waals surface area contributed by atoms with Crippen LogP contribution in [0.3, 0.4) is 0 Å². The molecule has 1 fully saturated rings. The predicted molar refractivity (Wildman–Crippen MR) is 213 cm³/mol. The summed E-state index contributed by atoms with van der Waals surface area (Å²) in [5, 5.41) is 0. The molecule has 0 saturated carbocycles. The second-order valence-corrected chi connectivity index (χ2v) is 23.9. The molecule has 302 valence electrons. The van der Waals surface area contributed by atoms with Gasteiger partial charge in [-0.25, -0.2) is 0 Å². The Bertz CT molecular complexity index is 805. The van der Waals surface area contributed by atoms with Crippen molar-refractivity contribution in [2.45, 2.75) is 228 Å². The maximum atomic E-state index is 14.6. The molecule has 0 aromatic heterocycles. The molecule has 0 aliphatic carbocycles. The van der Waals surface area contributed by atoms with Crippen molar-refractivity contribution in [3.8, 4) is 0 Å². The summed E-state index contributed by atoms with van der Waals surface area (Å²) in [6.07, 6.45) is 24.5. The van der Waals surface area contributed by atoms with Crippen molar-refractivity contribution in [3.63, 3.8) is 0 Å². The number of unbranched alkanes of at least 4 members (excludes halogenated alkanes) is 4. The fourth-order valence-electron chi connectivity index (χ4n) is 8.08. The molecule has 5 nitrogen and oxygen atoms in total. The van der Waals surface area contributed by atoms with Crippen molar-refractivity contribution < 1.29 is 36.1 Å². The standard InChI is InChI=1S/C21H44.2C8H17.C7H16O4.O.Ti/c1-8-12-14-18(10-3)16-20(21(5,6)7)17-19(11-4)15-13-9-2;2*1-4-6-7-8(3)5-2;1-3-7(4-2,5-10-8)6-11-9;;/h18-20H,8-17H2,1-7H3;2*8H,3-7H2,1-2H3;8-9H,3-6H2,1-2H3;;/q;;;;;+2/p-2. The second kappa shape index (κ2) is 27.0. The molecule has 1 saturated heterocycles. The molecule has 1 aliphatic heterocycles. The van der Waals surface area contributed by atoms with Gasteiger partial charge in [-0.2, -0.15) is 0 Å². The Labute approximate surface area is 316 Å². The van der Waals surface area contributed by atoms with E-state index in [1.807, 2.05) is 0 Å². The van der Waals surface area contributed by atoms with Gasteiger partial charge in [0.25, 0.3) is 0 Å². The van der Waals surface area contributed by atoms with Crippen molar-refractivity contribution in [2.24, 2.45) is 40.4 Å². The Kier molecular flexibility index (Phi) is 27.2. The van der Waals surface area contributed by atoms with E-state index in [2.05, 4.69) is 90.0 Å². The van der Waals surface area contributed by atoms with E-state index in [4.69, 9.17) is 16.7 Å². The summed E-state index contributed by atoms with van der Waals surface area (Å²) in [6, 6.07) is 0. The summed E-state index contributed by atoms with van der Waals surface area (Å²) in [4.78, 5) is 11.5. The van der Waals surface area contributed by atoms with Crippen LogP contribution in [-0.2, 0) is 36.1 Å². The molecule has 6 heteroatoms. The van der Waals surface area contributed by atoms with E-state index in [1.165, 1.54) is 64.2 Å². The van der Waals surface area contributed by atoms with E-state index in [0.717, 1.165) is 82.0 Å². The molecule has 50 heavy (non-hydrogen) atoms. The van der Waals surface area contributed by atoms with Gasteiger partial charge in [0, 0.05) is 0 Å². The normalized spacial score (nSPS) is 20.3. The third kappa shape index (κ3) is 19.6. The minimum atomic E-state index is -5.16. The molecule has 0 aromatic carbocycles. The van der Waals surface area contributed by atoms with Crippen molar-refractivity contribution in [1.29, 1.82) is 0 Å². The molecule has 0 N–H and O–H groups in total. The van der Waals surface area contributed by atoms with E-state index >= 15 is 0 Å². The van der Waals surface area contributed by atoms with Gasteiger partial charge >= 0.3 is 182 Å². The van der Waals surface area contributed by atoms with Crippen LogP contribution in [0.25, 0.3) is 0 Å². The van der Waals surface area contributed by atoms with Gasteiger partial charge in [0.15, 0.2) is 0 Å².